The molecule has 2 unspecified atom stereocenters. The number of nitrogens with one attached hydrogen (secondary N) is 1. The molecule has 0 radical (unpaired) electrons. The van der Waals surface area contributed by atoms with Gasteiger partial charge in [-0.05, 0) is 69.3 Å². The van der Waals surface area contributed by atoms with Crippen LogP contribution in [0.5, 0.6) is 0 Å². The Balaban J connectivity index is 0.000000226. The lowest BCUT2D eigenvalue weighted by atomic mass is 9.91. The highest BCUT2D eigenvalue weighted by Crippen LogP contribution is 2.59. The van der Waals surface area contributed by atoms with Gasteiger partial charge in [0.25, 0.3) is 0 Å². The third-order valence-electron chi connectivity index (χ3n) is 8.32. The molecule has 1 aliphatic heterocycles. The van der Waals surface area contributed by atoms with E-state index in [2.05, 4.69) is 38.4 Å². The van der Waals surface area contributed by atoms with E-state index in [1.807, 2.05) is 6.07 Å². The number of aromatic amines is 1. The number of Topliss-reactive ketones (excluding diaryl/α,β-unsaturated/α-hetero) is 1. The van der Waals surface area contributed by atoms with Crippen molar-refractivity contribution in [3.63, 3.8) is 0 Å². The Morgan fingerprint density at radius 1 is 1.21 bits per heavy atom. The van der Waals surface area contributed by atoms with Crippen LogP contribution in [0, 0.1) is 17.2 Å². The van der Waals surface area contributed by atoms with Crippen LogP contribution in [0.25, 0.3) is 11.3 Å². The van der Waals surface area contributed by atoms with Gasteiger partial charge in [0.1, 0.15) is 23.6 Å². The van der Waals surface area contributed by atoms with Crippen molar-refractivity contribution in [2.45, 2.75) is 71.1 Å². The zero-order valence-corrected chi connectivity index (χ0v) is 23.0. The number of primary amides is 1. The number of unbranched alkanes of at least 4 members (excludes halogenated alkanes) is 2. The predicted molar refractivity (Wildman–Crippen MR) is 147 cm³/mol. The van der Waals surface area contributed by atoms with E-state index < -0.39 is 0 Å². The number of piperidine rings is 1. The molecule has 3 N–H and O–H groups in total. The molecule has 0 bridgehead atoms. The summed E-state index contributed by atoms with van der Waals surface area (Å²) in [5.41, 5.74) is 7.28. The molecule has 1 aromatic carbocycles. The number of carbonyl (C=O) groups excluding carboxylic acids is 2. The van der Waals surface area contributed by atoms with Gasteiger partial charge in [0, 0.05) is 29.9 Å². The Bertz CT molecular complexity index is 1220. The summed E-state index contributed by atoms with van der Waals surface area (Å²) in [4.78, 5) is 32.9. The molecule has 1 aliphatic carbocycles. The molecular formula is C30H40FN5O3. The second-order valence-electron chi connectivity index (χ2n) is 10.9. The first-order valence-electron chi connectivity index (χ1n) is 14.1. The summed E-state index contributed by atoms with van der Waals surface area (Å²) in [5.74, 6) is 1.000. The van der Waals surface area contributed by atoms with Crippen molar-refractivity contribution in [3.8, 4) is 11.3 Å². The van der Waals surface area contributed by atoms with Crippen molar-refractivity contribution in [1.29, 1.82) is 0 Å². The topological polar surface area (TPSA) is 118 Å². The van der Waals surface area contributed by atoms with Crippen LogP contribution in [0.15, 0.2) is 47.3 Å². The first-order valence-corrected chi connectivity index (χ1v) is 14.1. The van der Waals surface area contributed by atoms with E-state index in [1.54, 1.807) is 24.4 Å². The molecule has 1 saturated carbocycles. The maximum atomic E-state index is 13.9. The van der Waals surface area contributed by atoms with Gasteiger partial charge in [0.2, 0.25) is 5.91 Å². The lowest BCUT2D eigenvalue weighted by molar-refractivity contribution is -0.120. The number of likely N-dealkylation sites (tertiary alicyclic amines) is 1. The molecule has 39 heavy (non-hydrogen) atoms. The fraction of sp³-hybridized carbons (Fsp3) is 0.533. The Labute approximate surface area is 229 Å². The van der Waals surface area contributed by atoms with Crippen molar-refractivity contribution in [2.24, 2.45) is 17.1 Å². The average Bonchev–Trinajstić information content (AvgIpc) is 3.31. The largest absolute Gasteiger partial charge is 0.369 e. The zero-order valence-electron chi connectivity index (χ0n) is 23.0. The molecule has 3 aromatic rings. The van der Waals surface area contributed by atoms with Gasteiger partial charge in [-0.3, -0.25) is 9.59 Å². The van der Waals surface area contributed by atoms with Crippen molar-refractivity contribution >= 4 is 11.7 Å². The van der Waals surface area contributed by atoms with Gasteiger partial charge in [-0.1, -0.05) is 44.0 Å². The fourth-order valence-corrected chi connectivity index (χ4v) is 5.55. The molecule has 1 saturated heterocycles. The van der Waals surface area contributed by atoms with E-state index in [0.29, 0.717) is 28.8 Å². The van der Waals surface area contributed by atoms with Crippen LogP contribution in [-0.4, -0.2) is 51.3 Å². The van der Waals surface area contributed by atoms with Crippen LogP contribution in [0.1, 0.15) is 87.4 Å². The van der Waals surface area contributed by atoms with Crippen molar-refractivity contribution in [3.05, 3.63) is 60.1 Å². The summed E-state index contributed by atoms with van der Waals surface area (Å²) >= 11 is 0. The van der Waals surface area contributed by atoms with Crippen LogP contribution in [0.4, 0.5) is 4.39 Å². The number of imidazole rings is 1. The number of carbonyl (C=O) groups is 2. The molecule has 5 rings (SSSR count). The standard InChI is InChI=1S/C20H22FN3O2.C10H18N2O/c1-14(7-3-2-4-10-19(25)17-11-12-26-24-17)20-22-13-18(23-20)15-8-5-6-9-16(15)21;1-2-12-5-3-10(4-6-12)7-8(10)9(11)13/h5-6,8-9,11-14H,2-4,7,10H2,1H3,(H,22,23);8H,2-7H2,1H3,(H2,11,13). The third kappa shape index (κ3) is 7.41. The molecule has 3 heterocycles. The Morgan fingerprint density at radius 3 is 2.62 bits per heavy atom. The summed E-state index contributed by atoms with van der Waals surface area (Å²) in [5, 5.41) is 3.65. The molecule has 2 aliphatic rings. The second kappa shape index (κ2) is 13.2. The maximum Gasteiger partial charge on any atom is 0.221 e. The lowest BCUT2D eigenvalue weighted by Gasteiger charge is -2.31. The number of hydrogen-bond donors (Lipinski definition) is 2. The number of benzene rings is 1. The van der Waals surface area contributed by atoms with Gasteiger partial charge in [0.05, 0.1) is 11.9 Å². The molecule has 2 aromatic heterocycles. The molecule has 8 nitrogen and oxygen atoms in total. The number of hydrogen-bond acceptors (Lipinski definition) is 6. The number of aromatic nitrogens is 3. The normalized spacial score (nSPS) is 18.8. The first kappa shape index (κ1) is 28.7. The second-order valence-corrected chi connectivity index (χ2v) is 10.9. The maximum absolute atomic E-state index is 13.9. The van der Waals surface area contributed by atoms with E-state index in [-0.39, 0.29) is 29.3 Å². The van der Waals surface area contributed by atoms with Gasteiger partial charge >= 0.3 is 0 Å². The van der Waals surface area contributed by atoms with E-state index in [0.717, 1.165) is 57.6 Å². The van der Waals surface area contributed by atoms with E-state index in [1.165, 1.54) is 25.2 Å². The highest BCUT2D eigenvalue weighted by atomic mass is 19.1. The molecule has 2 fully saturated rings. The average molecular weight is 538 g/mol. The van der Waals surface area contributed by atoms with Crippen LogP contribution >= 0.6 is 0 Å². The predicted octanol–water partition coefficient (Wildman–Crippen LogP) is 5.73. The van der Waals surface area contributed by atoms with Gasteiger partial charge in [-0.2, -0.15) is 0 Å². The minimum absolute atomic E-state index is 0.0207. The van der Waals surface area contributed by atoms with E-state index in [9.17, 15) is 14.0 Å². The van der Waals surface area contributed by atoms with Gasteiger partial charge in [-0.25, -0.2) is 9.37 Å². The van der Waals surface area contributed by atoms with E-state index >= 15 is 0 Å². The van der Waals surface area contributed by atoms with Crippen molar-refractivity contribution < 1.29 is 18.5 Å². The van der Waals surface area contributed by atoms with Gasteiger partial charge in [-0.15, -0.1) is 0 Å². The number of halogens is 1. The van der Waals surface area contributed by atoms with Crippen LogP contribution in [0.2, 0.25) is 0 Å². The highest BCUT2D eigenvalue weighted by molar-refractivity contribution is 5.93. The summed E-state index contributed by atoms with van der Waals surface area (Å²) in [6.07, 6.45) is 10.7. The number of ketones is 1. The smallest absolute Gasteiger partial charge is 0.221 e. The van der Waals surface area contributed by atoms with Crippen molar-refractivity contribution in [1.82, 2.24) is 20.0 Å². The number of nitrogens with zero attached hydrogens (tertiary/aromatic N) is 3. The highest BCUT2D eigenvalue weighted by Gasteiger charge is 2.57. The molecule has 210 valence electrons. The number of rotatable bonds is 11. The minimum Gasteiger partial charge on any atom is -0.369 e. The summed E-state index contributed by atoms with van der Waals surface area (Å²) < 4.78 is 18.5. The Morgan fingerprint density at radius 2 is 1.97 bits per heavy atom. The molecule has 1 spiro atoms. The summed E-state index contributed by atoms with van der Waals surface area (Å²) in [7, 11) is 0. The molecule has 2 atom stereocenters. The summed E-state index contributed by atoms with van der Waals surface area (Å²) in [6.45, 7) is 7.73. The van der Waals surface area contributed by atoms with Crippen LogP contribution < -0.4 is 5.73 Å². The first-order chi connectivity index (χ1) is 18.8. The van der Waals surface area contributed by atoms with Crippen molar-refractivity contribution in [2.75, 3.05) is 19.6 Å². The monoisotopic (exact) mass is 537 g/mol. The minimum atomic E-state index is -0.257. The molecular weight excluding hydrogens is 497 g/mol. The number of H-pyrrole nitrogens is 1. The lowest BCUT2D eigenvalue weighted by Crippen LogP contribution is -2.36. The quantitative estimate of drug-likeness (QED) is 0.238. The molecule has 9 heteroatoms. The summed E-state index contributed by atoms with van der Waals surface area (Å²) in [6, 6.07) is 8.26. The SMILES string of the molecule is CC(CCCCCC(=O)c1ccon1)c1ncc(-c2ccccc2F)[nH]1.CCN1CCC2(CC1)CC2C(N)=O. The van der Waals surface area contributed by atoms with Gasteiger partial charge < -0.3 is 20.1 Å². The van der Waals surface area contributed by atoms with Crippen LogP contribution in [0.3, 0.4) is 0 Å². The zero-order chi connectivity index (χ0) is 27.8. The molecule has 1 amide bonds. The Hall–Kier alpha value is -3.33. The van der Waals surface area contributed by atoms with Gasteiger partial charge in [0.15, 0.2) is 5.78 Å². The van der Waals surface area contributed by atoms with E-state index in [4.69, 9.17) is 5.73 Å². The number of nitrogens with two attached hydrogens (primary N) is 1. The fourth-order valence-electron chi connectivity index (χ4n) is 5.55. The third-order valence-corrected chi connectivity index (χ3v) is 8.32. The Kier molecular flexibility index (Phi) is 9.67. The van der Waals surface area contributed by atoms with Crippen LogP contribution in [-0.2, 0) is 4.79 Å². The number of amides is 1.